The highest BCUT2D eigenvalue weighted by molar-refractivity contribution is 7.99. The minimum Gasteiger partial charge on any atom is -0.353 e. The third kappa shape index (κ3) is 5.81. The van der Waals surface area contributed by atoms with Crippen LogP contribution in [0, 0.1) is 5.41 Å². The van der Waals surface area contributed by atoms with E-state index in [2.05, 4.69) is 15.5 Å². The van der Waals surface area contributed by atoms with Crippen LogP contribution in [0.25, 0.3) is 0 Å². The van der Waals surface area contributed by atoms with E-state index < -0.39 is 5.41 Å². The number of piperazine rings is 1. The molecule has 2 saturated heterocycles. The molecule has 2 fully saturated rings. The van der Waals surface area contributed by atoms with E-state index in [0.717, 1.165) is 32.7 Å². The van der Waals surface area contributed by atoms with Crippen LogP contribution in [-0.4, -0.2) is 78.6 Å². The Kier molecular flexibility index (Phi) is 8.13. The van der Waals surface area contributed by atoms with Crippen molar-refractivity contribution in [1.82, 2.24) is 20.4 Å². The van der Waals surface area contributed by atoms with Gasteiger partial charge in [-0.1, -0.05) is 20.8 Å². The maximum absolute atomic E-state index is 12.4. The van der Waals surface area contributed by atoms with Crippen molar-refractivity contribution in [3.63, 3.8) is 0 Å². The van der Waals surface area contributed by atoms with Crippen molar-refractivity contribution >= 4 is 36.0 Å². The van der Waals surface area contributed by atoms with Gasteiger partial charge in [-0.2, -0.15) is 0 Å². The average molecular weight is 365 g/mol. The quantitative estimate of drug-likeness (QED) is 0.755. The van der Waals surface area contributed by atoms with Gasteiger partial charge in [-0.3, -0.25) is 14.5 Å². The minimum atomic E-state index is -0.440. The predicted molar refractivity (Wildman–Crippen MR) is 97.0 cm³/mol. The SMILES string of the molecule is CC(C)(C)C(=O)N1CSCC1C(=O)NCCN1CCNCC1.Cl. The van der Waals surface area contributed by atoms with Crippen LogP contribution in [0.15, 0.2) is 0 Å². The highest BCUT2D eigenvalue weighted by Gasteiger charge is 2.38. The van der Waals surface area contributed by atoms with Crippen LogP contribution in [-0.2, 0) is 9.59 Å². The van der Waals surface area contributed by atoms with Gasteiger partial charge < -0.3 is 15.5 Å². The van der Waals surface area contributed by atoms with Crippen molar-refractivity contribution in [2.75, 3.05) is 50.9 Å². The van der Waals surface area contributed by atoms with E-state index in [9.17, 15) is 9.59 Å². The summed E-state index contributed by atoms with van der Waals surface area (Å²) in [5.41, 5.74) is -0.440. The Morgan fingerprint density at radius 3 is 2.52 bits per heavy atom. The molecule has 0 bridgehead atoms. The second-order valence-electron chi connectivity index (χ2n) is 6.92. The van der Waals surface area contributed by atoms with Crippen LogP contribution in [0.3, 0.4) is 0 Å². The molecule has 0 aliphatic carbocycles. The van der Waals surface area contributed by atoms with Gasteiger partial charge in [-0.25, -0.2) is 0 Å². The van der Waals surface area contributed by atoms with Crippen molar-refractivity contribution in [3.05, 3.63) is 0 Å². The maximum Gasteiger partial charge on any atom is 0.243 e. The largest absolute Gasteiger partial charge is 0.353 e. The third-order valence-electron chi connectivity index (χ3n) is 4.02. The van der Waals surface area contributed by atoms with Gasteiger partial charge in [-0.15, -0.1) is 24.2 Å². The van der Waals surface area contributed by atoms with Gasteiger partial charge in [0.2, 0.25) is 11.8 Å². The lowest BCUT2D eigenvalue weighted by Crippen LogP contribution is -2.52. The molecule has 8 heteroatoms. The van der Waals surface area contributed by atoms with Gasteiger partial charge >= 0.3 is 0 Å². The summed E-state index contributed by atoms with van der Waals surface area (Å²) >= 11 is 1.65. The molecule has 0 spiro atoms. The van der Waals surface area contributed by atoms with Gasteiger partial charge in [0.15, 0.2) is 0 Å². The number of hydrogen-bond acceptors (Lipinski definition) is 5. The highest BCUT2D eigenvalue weighted by atomic mass is 35.5. The van der Waals surface area contributed by atoms with Crippen molar-refractivity contribution in [2.24, 2.45) is 5.41 Å². The van der Waals surface area contributed by atoms with Crippen LogP contribution in [0.1, 0.15) is 20.8 Å². The first-order valence-electron chi connectivity index (χ1n) is 7.99. The number of carbonyl (C=O) groups excluding carboxylic acids is 2. The lowest BCUT2D eigenvalue weighted by molar-refractivity contribution is -0.144. The van der Waals surface area contributed by atoms with E-state index >= 15 is 0 Å². The van der Waals surface area contributed by atoms with Gasteiger partial charge in [0.1, 0.15) is 6.04 Å². The van der Waals surface area contributed by atoms with E-state index in [-0.39, 0.29) is 30.3 Å². The van der Waals surface area contributed by atoms with Crippen LogP contribution in [0.2, 0.25) is 0 Å². The number of nitrogens with one attached hydrogen (secondary N) is 2. The topological polar surface area (TPSA) is 64.7 Å². The number of hydrogen-bond donors (Lipinski definition) is 2. The molecule has 2 N–H and O–H groups in total. The lowest BCUT2D eigenvalue weighted by atomic mass is 9.94. The molecule has 1 unspecified atom stereocenters. The number of carbonyl (C=O) groups is 2. The standard InChI is InChI=1S/C15H28N4O2S.ClH/c1-15(2,3)14(21)19-11-22-10-12(19)13(20)17-6-9-18-7-4-16-5-8-18;/h12,16H,4-11H2,1-3H3,(H,17,20);1H. The molecule has 2 aliphatic heterocycles. The molecule has 0 aromatic carbocycles. The maximum atomic E-state index is 12.4. The molecule has 1 atom stereocenters. The second kappa shape index (κ2) is 9.11. The van der Waals surface area contributed by atoms with Crippen LogP contribution in [0.4, 0.5) is 0 Å². The lowest BCUT2D eigenvalue weighted by Gasteiger charge is -2.30. The Hall–Kier alpha value is -0.500. The summed E-state index contributed by atoms with van der Waals surface area (Å²) in [6.45, 7) is 11.3. The molecule has 2 aliphatic rings. The molecule has 2 amide bonds. The van der Waals surface area contributed by atoms with Crippen molar-refractivity contribution in [1.29, 1.82) is 0 Å². The Morgan fingerprint density at radius 2 is 1.91 bits per heavy atom. The summed E-state index contributed by atoms with van der Waals surface area (Å²) in [4.78, 5) is 28.9. The first-order chi connectivity index (χ1) is 10.4. The summed E-state index contributed by atoms with van der Waals surface area (Å²) in [6.07, 6.45) is 0. The molecule has 0 aromatic rings. The van der Waals surface area contributed by atoms with Gasteiger partial charge in [0, 0.05) is 50.4 Å². The summed E-state index contributed by atoms with van der Waals surface area (Å²) in [5.74, 6) is 1.35. The highest BCUT2D eigenvalue weighted by Crippen LogP contribution is 2.27. The Bertz CT molecular complexity index is 411. The van der Waals surface area contributed by atoms with Gasteiger partial charge in [0.05, 0.1) is 5.88 Å². The number of nitrogens with zero attached hydrogens (tertiary/aromatic N) is 2. The van der Waals surface area contributed by atoms with Gasteiger partial charge in [0.25, 0.3) is 0 Å². The number of rotatable bonds is 4. The fourth-order valence-electron chi connectivity index (χ4n) is 2.68. The molecule has 2 heterocycles. The molecule has 23 heavy (non-hydrogen) atoms. The van der Waals surface area contributed by atoms with E-state index in [1.165, 1.54) is 0 Å². The molecular formula is C15H29ClN4O2S. The van der Waals surface area contributed by atoms with Crippen molar-refractivity contribution in [2.45, 2.75) is 26.8 Å². The smallest absolute Gasteiger partial charge is 0.243 e. The molecule has 0 saturated carbocycles. The first kappa shape index (κ1) is 20.5. The average Bonchev–Trinajstić information content (AvgIpc) is 2.95. The monoisotopic (exact) mass is 364 g/mol. The third-order valence-corrected chi connectivity index (χ3v) is 5.04. The van der Waals surface area contributed by atoms with Crippen LogP contribution >= 0.6 is 24.2 Å². The molecule has 0 aromatic heterocycles. The Balaban J connectivity index is 0.00000264. The Labute approximate surface area is 149 Å². The summed E-state index contributed by atoms with van der Waals surface area (Å²) < 4.78 is 0. The molecular weight excluding hydrogens is 336 g/mol. The van der Waals surface area contributed by atoms with Crippen molar-refractivity contribution in [3.8, 4) is 0 Å². The van der Waals surface area contributed by atoms with E-state index in [0.29, 0.717) is 18.2 Å². The first-order valence-corrected chi connectivity index (χ1v) is 9.14. The van der Waals surface area contributed by atoms with Crippen LogP contribution in [0.5, 0.6) is 0 Å². The molecule has 0 radical (unpaired) electrons. The van der Waals surface area contributed by atoms with Crippen LogP contribution < -0.4 is 10.6 Å². The fourth-order valence-corrected chi connectivity index (χ4v) is 3.83. The van der Waals surface area contributed by atoms with E-state index in [1.807, 2.05) is 20.8 Å². The minimum absolute atomic E-state index is 0. The number of amides is 2. The number of thioether (sulfide) groups is 1. The zero-order valence-electron chi connectivity index (χ0n) is 14.3. The summed E-state index contributed by atoms with van der Waals surface area (Å²) in [7, 11) is 0. The predicted octanol–water partition coefficient (Wildman–Crippen LogP) is 0.377. The Morgan fingerprint density at radius 1 is 1.26 bits per heavy atom. The normalized spacial score (nSPS) is 22.6. The summed E-state index contributed by atoms with van der Waals surface area (Å²) in [5, 5.41) is 6.32. The second-order valence-corrected chi connectivity index (χ2v) is 7.92. The molecule has 6 nitrogen and oxygen atoms in total. The number of halogens is 1. The fraction of sp³-hybridized carbons (Fsp3) is 0.867. The zero-order valence-corrected chi connectivity index (χ0v) is 15.9. The van der Waals surface area contributed by atoms with E-state index in [1.54, 1.807) is 16.7 Å². The zero-order chi connectivity index (χ0) is 16.2. The molecule has 134 valence electrons. The molecule has 2 rings (SSSR count). The summed E-state index contributed by atoms with van der Waals surface area (Å²) in [6, 6.07) is -0.320. The van der Waals surface area contributed by atoms with Crippen molar-refractivity contribution < 1.29 is 9.59 Å². The van der Waals surface area contributed by atoms with E-state index in [4.69, 9.17) is 0 Å². The van der Waals surface area contributed by atoms with Gasteiger partial charge in [-0.05, 0) is 0 Å².